The Morgan fingerprint density at radius 3 is 2.46 bits per heavy atom. The molecule has 0 bridgehead atoms. The monoisotopic (exact) mass is 318 g/mol. The largest absolute Gasteiger partial charge is 0.331 e. The number of hydrogen-bond acceptors (Lipinski definition) is 3. The van der Waals surface area contributed by atoms with Crippen molar-refractivity contribution in [3.05, 3.63) is 78.4 Å². The number of amides is 1. The molecule has 2 heterocycles. The number of carbonyl (C=O) groups excluding carboxylic acids is 1. The first-order chi connectivity index (χ1) is 11.8. The molecular weight excluding hydrogens is 300 g/mol. The molecule has 5 nitrogen and oxygen atoms in total. The van der Waals surface area contributed by atoms with Gasteiger partial charge in [-0.05, 0) is 60.9 Å². The highest BCUT2D eigenvalue weighted by atomic mass is 16.2. The molecular formula is C19H18N4O. The van der Waals surface area contributed by atoms with Crippen LogP contribution in [0.15, 0.2) is 67.3 Å². The summed E-state index contributed by atoms with van der Waals surface area (Å²) in [6.07, 6.45) is 9.33. The zero-order chi connectivity index (χ0) is 16.4. The van der Waals surface area contributed by atoms with Crippen molar-refractivity contribution in [2.75, 3.05) is 0 Å². The highest BCUT2D eigenvalue weighted by molar-refractivity contribution is 5.94. The molecule has 1 aliphatic carbocycles. The van der Waals surface area contributed by atoms with Gasteiger partial charge in [-0.15, -0.1) is 0 Å². The summed E-state index contributed by atoms with van der Waals surface area (Å²) < 4.78 is 1.78. The van der Waals surface area contributed by atoms with Crippen LogP contribution in [0.25, 0.3) is 5.69 Å². The van der Waals surface area contributed by atoms with Crippen molar-refractivity contribution < 1.29 is 4.79 Å². The van der Waals surface area contributed by atoms with E-state index in [1.807, 2.05) is 53.6 Å². The number of nitrogens with zero attached hydrogens (tertiary/aromatic N) is 4. The van der Waals surface area contributed by atoms with E-state index < -0.39 is 0 Å². The lowest BCUT2D eigenvalue weighted by atomic mass is 10.1. The van der Waals surface area contributed by atoms with E-state index in [1.165, 1.54) is 0 Å². The number of hydrogen-bond donors (Lipinski definition) is 0. The second-order valence-corrected chi connectivity index (χ2v) is 6.02. The van der Waals surface area contributed by atoms with E-state index in [4.69, 9.17) is 0 Å². The van der Waals surface area contributed by atoms with Gasteiger partial charge in [0, 0.05) is 42.9 Å². The zero-order valence-electron chi connectivity index (χ0n) is 13.2. The summed E-state index contributed by atoms with van der Waals surface area (Å²) in [5.41, 5.74) is 2.77. The van der Waals surface area contributed by atoms with Gasteiger partial charge in [0.2, 0.25) is 0 Å². The lowest BCUT2D eigenvalue weighted by Gasteiger charge is -2.22. The van der Waals surface area contributed by atoms with Gasteiger partial charge in [-0.2, -0.15) is 5.10 Å². The smallest absolute Gasteiger partial charge is 0.254 e. The van der Waals surface area contributed by atoms with Crippen molar-refractivity contribution >= 4 is 5.91 Å². The maximum absolute atomic E-state index is 12.9. The molecule has 1 aromatic carbocycles. The first kappa shape index (κ1) is 14.6. The van der Waals surface area contributed by atoms with Gasteiger partial charge in [0.1, 0.15) is 0 Å². The molecule has 0 atom stereocenters. The number of carbonyl (C=O) groups is 1. The summed E-state index contributed by atoms with van der Waals surface area (Å²) in [7, 11) is 0. The molecule has 2 aromatic heterocycles. The van der Waals surface area contributed by atoms with Gasteiger partial charge in [-0.3, -0.25) is 9.78 Å². The van der Waals surface area contributed by atoms with Crippen LogP contribution < -0.4 is 0 Å². The summed E-state index contributed by atoms with van der Waals surface area (Å²) in [5, 5.41) is 4.21. The minimum atomic E-state index is 0.0846. The van der Waals surface area contributed by atoms with E-state index in [-0.39, 0.29) is 5.91 Å². The molecule has 0 unspecified atom stereocenters. The fourth-order valence-electron chi connectivity index (χ4n) is 2.78. The molecule has 0 spiro atoms. The number of pyridine rings is 1. The van der Waals surface area contributed by atoms with Gasteiger partial charge in [0.05, 0.1) is 5.69 Å². The average molecular weight is 318 g/mol. The summed E-state index contributed by atoms with van der Waals surface area (Å²) in [4.78, 5) is 18.9. The van der Waals surface area contributed by atoms with Crippen LogP contribution >= 0.6 is 0 Å². The Bertz CT molecular complexity index is 808. The van der Waals surface area contributed by atoms with Crippen LogP contribution in [0, 0.1) is 0 Å². The topological polar surface area (TPSA) is 51.0 Å². The zero-order valence-corrected chi connectivity index (χ0v) is 13.2. The lowest BCUT2D eigenvalue weighted by Crippen LogP contribution is -2.32. The van der Waals surface area contributed by atoms with Crippen LogP contribution in [-0.4, -0.2) is 31.6 Å². The highest BCUT2D eigenvalue weighted by Gasteiger charge is 2.33. The van der Waals surface area contributed by atoms with Crippen LogP contribution in [0.5, 0.6) is 0 Å². The van der Waals surface area contributed by atoms with E-state index in [0.717, 1.165) is 24.1 Å². The maximum atomic E-state index is 12.9. The number of aromatic nitrogens is 3. The Hall–Kier alpha value is -2.95. The molecule has 0 aliphatic heterocycles. The molecule has 120 valence electrons. The van der Waals surface area contributed by atoms with Crippen molar-refractivity contribution in [2.24, 2.45) is 0 Å². The van der Waals surface area contributed by atoms with Gasteiger partial charge in [-0.25, -0.2) is 4.68 Å². The molecule has 1 fully saturated rings. The fourth-order valence-corrected chi connectivity index (χ4v) is 2.78. The minimum Gasteiger partial charge on any atom is -0.331 e. The molecule has 1 amide bonds. The molecule has 0 saturated heterocycles. The summed E-state index contributed by atoms with van der Waals surface area (Å²) in [6.45, 7) is 0.632. The third-order valence-electron chi connectivity index (χ3n) is 4.23. The SMILES string of the molecule is O=C(c1ccc(-n2cccn2)cc1)N(Cc1ccncc1)C1CC1. The van der Waals surface area contributed by atoms with E-state index in [2.05, 4.69) is 10.1 Å². The van der Waals surface area contributed by atoms with Gasteiger partial charge in [0.25, 0.3) is 5.91 Å². The molecule has 3 aromatic rings. The third-order valence-corrected chi connectivity index (χ3v) is 4.23. The number of rotatable bonds is 5. The third kappa shape index (κ3) is 3.06. The Labute approximate surface area is 140 Å². The van der Waals surface area contributed by atoms with Crippen LogP contribution in [-0.2, 0) is 6.54 Å². The average Bonchev–Trinajstić information content (AvgIpc) is 3.33. The molecule has 1 aliphatic rings. The quantitative estimate of drug-likeness (QED) is 0.726. The Balaban J connectivity index is 1.54. The second kappa shape index (κ2) is 6.28. The predicted molar refractivity (Wildman–Crippen MR) is 90.7 cm³/mol. The Kier molecular flexibility index (Phi) is 3.83. The standard InChI is InChI=1S/C19H18N4O/c24-19(16-2-4-18(5-3-16)23-13-1-10-21-23)22(17-6-7-17)14-15-8-11-20-12-9-15/h1-5,8-13,17H,6-7,14H2. The summed E-state index contributed by atoms with van der Waals surface area (Å²) in [6, 6.07) is 13.8. The highest BCUT2D eigenvalue weighted by Crippen LogP contribution is 2.30. The first-order valence-corrected chi connectivity index (χ1v) is 8.11. The second-order valence-electron chi connectivity index (χ2n) is 6.02. The van der Waals surface area contributed by atoms with E-state index >= 15 is 0 Å². The molecule has 0 N–H and O–H groups in total. The van der Waals surface area contributed by atoms with Gasteiger partial charge >= 0.3 is 0 Å². The van der Waals surface area contributed by atoms with Crippen LogP contribution in [0.3, 0.4) is 0 Å². The number of benzene rings is 1. The van der Waals surface area contributed by atoms with Crippen molar-refractivity contribution in [1.29, 1.82) is 0 Å². The molecule has 5 heteroatoms. The summed E-state index contributed by atoms with van der Waals surface area (Å²) >= 11 is 0. The van der Waals surface area contributed by atoms with Crippen molar-refractivity contribution in [3.63, 3.8) is 0 Å². The van der Waals surface area contributed by atoms with Crippen molar-refractivity contribution in [1.82, 2.24) is 19.7 Å². The molecule has 24 heavy (non-hydrogen) atoms. The van der Waals surface area contributed by atoms with Gasteiger partial charge < -0.3 is 4.90 Å². The van der Waals surface area contributed by atoms with Gasteiger partial charge in [-0.1, -0.05) is 0 Å². The van der Waals surface area contributed by atoms with E-state index in [9.17, 15) is 4.79 Å². The predicted octanol–water partition coefficient (Wildman–Crippen LogP) is 3.07. The van der Waals surface area contributed by atoms with E-state index in [0.29, 0.717) is 18.2 Å². The summed E-state index contributed by atoms with van der Waals surface area (Å²) in [5.74, 6) is 0.0846. The van der Waals surface area contributed by atoms with Crippen molar-refractivity contribution in [2.45, 2.75) is 25.4 Å². The Morgan fingerprint density at radius 1 is 1.08 bits per heavy atom. The maximum Gasteiger partial charge on any atom is 0.254 e. The van der Waals surface area contributed by atoms with Crippen LogP contribution in [0.4, 0.5) is 0 Å². The normalized spacial score (nSPS) is 13.7. The molecule has 4 rings (SSSR count). The molecule has 1 saturated carbocycles. The fraction of sp³-hybridized carbons (Fsp3) is 0.211. The minimum absolute atomic E-state index is 0.0846. The molecule has 0 radical (unpaired) electrons. The lowest BCUT2D eigenvalue weighted by molar-refractivity contribution is 0.0730. The van der Waals surface area contributed by atoms with Crippen molar-refractivity contribution in [3.8, 4) is 5.69 Å². The van der Waals surface area contributed by atoms with Gasteiger partial charge in [0.15, 0.2) is 0 Å². The Morgan fingerprint density at radius 2 is 1.83 bits per heavy atom. The van der Waals surface area contributed by atoms with Crippen LogP contribution in [0.1, 0.15) is 28.8 Å². The first-order valence-electron chi connectivity index (χ1n) is 8.11. The van der Waals surface area contributed by atoms with E-state index in [1.54, 1.807) is 23.3 Å². The van der Waals surface area contributed by atoms with Crippen LogP contribution in [0.2, 0.25) is 0 Å².